The molecular weight excluding hydrogens is 1010 g/mol. The molecule has 84 heavy (non-hydrogen) atoms. The minimum absolute atomic E-state index is 1.10. The Bertz CT molecular complexity index is 3740. The van der Waals surface area contributed by atoms with Crippen molar-refractivity contribution < 1.29 is 0 Å². The van der Waals surface area contributed by atoms with Gasteiger partial charge in [-0.1, -0.05) is 243 Å². The van der Waals surface area contributed by atoms with Crippen molar-refractivity contribution in [1.82, 2.24) is 0 Å². The molecule has 11 aromatic rings. The molecule has 0 saturated heterocycles. The van der Waals surface area contributed by atoms with Gasteiger partial charge in [-0.2, -0.15) is 0 Å². The number of benzene rings is 11. The molecule has 13 rings (SSSR count). The zero-order valence-electron chi connectivity index (χ0n) is 47.6. The van der Waals surface area contributed by atoms with Gasteiger partial charge < -0.3 is 9.80 Å². The Morgan fingerprint density at radius 1 is 0.238 bits per heavy atom. The van der Waals surface area contributed by atoms with Crippen LogP contribution in [0.1, 0.15) is 104 Å². The summed E-state index contributed by atoms with van der Waals surface area (Å²) < 4.78 is 0. The van der Waals surface area contributed by atoms with Gasteiger partial charge in [-0.05, 0) is 213 Å². The Morgan fingerprint density at radius 2 is 0.500 bits per heavy atom. The third-order valence-electron chi connectivity index (χ3n) is 16.7. The Hall–Kier alpha value is -10.0. The first-order valence-corrected chi connectivity index (χ1v) is 30.0. The Labute approximate surface area is 497 Å². The molecule has 0 fully saturated rings. The lowest BCUT2D eigenvalue weighted by atomic mass is 9.89. The molecule has 0 aromatic heterocycles. The lowest BCUT2D eigenvalue weighted by Crippen LogP contribution is -2.15. The minimum atomic E-state index is 1.10. The van der Waals surface area contributed by atoms with Crippen molar-refractivity contribution in [3.63, 3.8) is 0 Å². The molecule has 2 heteroatoms. The fourth-order valence-electron chi connectivity index (χ4n) is 12.3. The molecule has 0 heterocycles. The number of aryl methyl sites for hydroxylation is 2. The van der Waals surface area contributed by atoms with Crippen molar-refractivity contribution >= 4 is 81.7 Å². The minimum Gasteiger partial charge on any atom is -0.310 e. The second-order valence-corrected chi connectivity index (χ2v) is 22.2. The van der Waals surface area contributed by atoms with E-state index in [-0.39, 0.29) is 0 Å². The molecule has 0 N–H and O–H groups in total. The van der Waals surface area contributed by atoms with Crippen LogP contribution in [0.2, 0.25) is 0 Å². The smallest absolute Gasteiger partial charge is 0.0496 e. The van der Waals surface area contributed by atoms with Gasteiger partial charge in [0, 0.05) is 34.1 Å². The number of hydrogen-bond acceptors (Lipinski definition) is 2. The molecule has 2 nitrogen and oxygen atoms in total. The third-order valence-corrected chi connectivity index (χ3v) is 16.7. The molecule has 0 spiro atoms. The van der Waals surface area contributed by atoms with Crippen LogP contribution in [0.4, 0.5) is 34.1 Å². The number of nitrogens with zero attached hydrogens (tertiary/aromatic N) is 2. The SMILES string of the molecule is C(=C(c1ccccc1)c1ccccc1)c1ccc(N(c2ccc(/C=C/c3ccc(/C=C/c4ccc(N(c5ccc(C=C(c6ccccc6)c6ccccc6)cc5)c5cccc6c5CCCC6)cc4)cc3)cc2)c2cccc3c2CCCC3)cc1. The second kappa shape index (κ2) is 25.4. The van der Waals surface area contributed by atoms with Crippen LogP contribution in [-0.2, 0) is 25.7 Å². The van der Waals surface area contributed by atoms with Crippen LogP contribution in [-0.4, -0.2) is 0 Å². The Balaban J connectivity index is 0.715. The first-order chi connectivity index (χ1) is 41.6. The predicted molar refractivity (Wildman–Crippen MR) is 360 cm³/mol. The van der Waals surface area contributed by atoms with Gasteiger partial charge in [-0.25, -0.2) is 0 Å². The topological polar surface area (TPSA) is 6.48 Å². The largest absolute Gasteiger partial charge is 0.310 e. The highest BCUT2D eigenvalue weighted by molar-refractivity contribution is 5.93. The van der Waals surface area contributed by atoms with Crippen LogP contribution in [0, 0.1) is 0 Å². The van der Waals surface area contributed by atoms with Gasteiger partial charge >= 0.3 is 0 Å². The second-order valence-electron chi connectivity index (χ2n) is 22.2. The summed E-state index contributed by atoms with van der Waals surface area (Å²) in [6.45, 7) is 0. The zero-order chi connectivity index (χ0) is 56.3. The summed E-state index contributed by atoms with van der Waals surface area (Å²) in [7, 11) is 0. The fourth-order valence-corrected chi connectivity index (χ4v) is 12.3. The molecule has 0 atom stereocenters. The van der Waals surface area contributed by atoms with E-state index in [0.29, 0.717) is 0 Å². The average molecular weight is 1080 g/mol. The molecule has 0 aliphatic heterocycles. The van der Waals surface area contributed by atoms with Crippen LogP contribution in [0.25, 0.3) is 47.6 Å². The molecule has 2 aliphatic rings. The summed E-state index contributed by atoms with van der Waals surface area (Å²) in [5, 5.41) is 0. The van der Waals surface area contributed by atoms with E-state index < -0.39 is 0 Å². The maximum absolute atomic E-state index is 2.46. The fraction of sp³-hybridized carbons (Fsp3) is 0.0976. The normalized spacial score (nSPS) is 12.8. The van der Waals surface area contributed by atoms with Gasteiger partial charge in [0.2, 0.25) is 0 Å². The van der Waals surface area contributed by atoms with E-state index in [9.17, 15) is 0 Å². The van der Waals surface area contributed by atoms with E-state index in [1.165, 1.54) is 104 Å². The van der Waals surface area contributed by atoms with Crippen molar-refractivity contribution in [2.75, 3.05) is 9.80 Å². The van der Waals surface area contributed by atoms with Crippen LogP contribution in [0.3, 0.4) is 0 Å². The van der Waals surface area contributed by atoms with Crippen LogP contribution < -0.4 is 9.80 Å². The molecule has 406 valence electrons. The maximum atomic E-state index is 2.46. The molecule has 2 aliphatic carbocycles. The summed E-state index contributed by atoms with van der Waals surface area (Å²) in [4.78, 5) is 4.92. The summed E-state index contributed by atoms with van der Waals surface area (Å²) in [5.41, 5.74) is 27.2. The number of hydrogen-bond donors (Lipinski definition) is 0. The summed E-state index contributed by atoms with van der Waals surface area (Å²) in [5.74, 6) is 0. The number of fused-ring (bicyclic) bond motifs is 2. The summed E-state index contributed by atoms with van der Waals surface area (Å²) >= 11 is 0. The van der Waals surface area contributed by atoms with Gasteiger partial charge in [0.25, 0.3) is 0 Å². The Kier molecular flexibility index (Phi) is 16.1. The van der Waals surface area contributed by atoms with Gasteiger partial charge in [0.15, 0.2) is 0 Å². The predicted octanol–water partition coefficient (Wildman–Crippen LogP) is 21.9. The lowest BCUT2D eigenvalue weighted by Gasteiger charge is -2.30. The van der Waals surface area contributed by atoms with Crippen molar-refractivity contribution in [2.45, 2.75) is 51.4 Å². The van der Waals surface area contributed by atoms with E-state index in [0.717, 1.165) is 70.7 Å². The van der Waals surface area contributed by atoms with Crippen molar-refractivity contribution in [3.05, 3.63) is 357 Å². The third kappa shape index (κ3) is 12.3. The summed E-state index contributed by atoms with van der Waals surface area (Å²) in [6.07, 6.45) is 22.9. The quantitative estimate of drug-likeness (QED) is 0.0890. The van der Waals surface area contributed by atoms with Crippen molar-refractivity contribution in [3.8, 4) is 0 Å². The molecule has 0 amide bonds. The van der Waals surface area contributed by atoms with Gasteiger partial charge in [0.05, 0.1) is 0 Å². The molecule has 0 bridgehead atoms. The van der Waals surface area contributed by atoms with Crippen molar-refractivity contribution in [1.29, 1.82) is 0 Å². The molecule has 0 unspecified atom stereocenters. The van der Waals surface area contributed by atoms with Crippen molar-refractivity contribution in [2.24, 2.45) is 0 Å². The maximum Gasteiger partial charge on any atom is 0.0496 e. The van der Waals surface area contributed by atoms with Gasteiger partial charge in [-0.15, -0.1) is 0 Å². The molecule has 0 saturated carbocycles. The highest BCUT2D eigenvalue weighted by atomic mass is 15.1. The molecular formula is C82H68N2. The lowest BCUT2D eigenvalue weighted by molar-refractivity contribution is 0.686. The Morgan fingerprint density at radius 3 is 0.798 bits per heavy atom. The van der Waals surface area contributed by atoms with E-state index >= 15 is 0 Å². The first-order valence-electron chi connectivity index (χ1n) is 30.0. The highest BCUT2D eigenvalue weighted by Gasteiger charge is 2.22. The van der Waals surface area contributed by atoms with E-state index in [1.807, 2.05) is 0 Å². The van der Waals surface area contributed by atoms with Gasteiger partial charge in [-0.3, -0.25) is 0 Å². The van der Waals surface area contributed by atoms with Gasteiger partial charge in [0.1, 0.15) is 0 Å². The van der Waals surface area contributed by atoms with E-state index in [4.69, 9.17) is 0 Å². The highest BCUT2D eigenvalue weighted by Crippen LogP contribution is 2.43. The molecule has 0 radical (unpaired) electrons. The van der Waals surface area contributed by atoms with Crippen LogP contribution in [0.15, 0.2) is 279 Å². The zero-order valence-corrected chi connectivity index (χ0v) is 47.6. The first kappa shape index (κ1) is 53.3. The van der Waals surface area contributed by atoms with Crippen LogP contribution in [0.5, 0.6) is 0 Å². The number of anilines is 6. The van der Waals surface area contributed by atoms with Crippen LogP contribution >= 0.6 is 0 Å². The van der Waals surface area contributed by atoms with E-state index in [1.54, 1.807) is 0 Å². The average Bonchev–Trinajstić information content (AvgIpc) is 3.70. The molecule has 11 aromatic carbocycles. The number of rotatable bonds is 16. The van der Waals surface area contributed by atoms with E-state index in [2.05, 4.69) is 325 Å². The standard InChI is InChI=1S/C82H68N2/c1-5-19-69(20-6-1)79(70-21-7-2-8-22-70)59-65-47-55-75(56-48-65)83(81-33-17-29-67-27-13-15-31-77(67)81)73-51-43-63(44-52-73)41-39-61-35-37-62(38-36-61)40-42-64-45-53-74(54-46-64)84(82-34-18-30-68-28-14-16-32-78(68)82)76-57-49-66(50-58-76)60-80(71-23-9-3-10-24-71)72-25-11-4-12-26-72/h1-12,17-26,29-30,33-60H,13-16,27-28,31-32H2/b41-39+,42-40+. The monoisotopic (exact) mass is 1080 g/mol. The summed E-state index contributed by atoms with van der Waals surface area (Å²) in [6, 6.07) is 102.